The smallest absolute Gasteiger partial charge is 0.209 e. The number of unbranched alkanes of at least 4 members (excludes halogenated alkanes) is 2. The fourth-order valence-corrected chi connectivity index (χ4v) is 2.57. The van der Waals surface area contributed by atoms with Crippen LogP contribution in [0.5, 0.6) is 0 Å². The molecule has 4 heteroatoms. The first-order valence-corrected chi connectivity index (χ1v) is 8.37. The normalized spacial score (nSPS) is 14.0. The number of rotatable bonds is 10. The van der Waals surface area contributed by atoms with Crippen LogP contribution >= 0.6 is 0 Å². The van der Waals surface area contributed by atoms with Crippen molar-refractivity contribution in [3.63, 3.8) is 0 Å². The summed E-state index contributed by atoms with van der Waals surface area (Å²) in [5.41, 5.74) is 5.37. The zero-order chi connectivity index (χ0) is 16.6. The van der Waals surface area contributed by atoms with Crippen LogP contribution in [-0.2, 0) is 0 Å². The predicted octanol–water partition coefficient (Wildman–Crippen LogP) is 3.45. The molecule has 3 N–H and O–H groups in total. The van der Waals surface area contributed by atoms with Crippen LogP contribution in [0, 0.1) is 0 Å². The Labute approximate surface area is 134 Å². The second-order valence-electron chi connectivity index (χ2n) is 5.82. The van der Waals surface area contributed by atoms with E-state index in [4.69, 9.17) is 5.73 Å². The van der Waals surface area contributed by atoms with Crippen molar-refractivity contribution in [3.05, 3.63) is 29.8 Å². The van der Waals surface area contributed by atoms with Gasteiger partial charge in [0.2, 0.25) is 5.78 Å². The number of hydrogen-bond acceptors (Lipinski definition) is 4. The quantitative estimate of drug-likeness (QED) is 0.395. The Hall–Kier alpha value is -1.39. The summed E-state index contributed by atoms with van der Waals surface area (Å²) in [6.07, 6.45) is 4.41. The minimum atomic E-state index is -1.43. The molecule has 0 aliphatic rings. The summed E-state index contributed by atoms with van der Waals surface area (Å²) in [5.74, 6) is -0.234. The fourth-order valence-electron chi connectivity index (χ4n) is 2.57. The molecule has 0 heterocycles. The molecule has 0 bridgehead atoms. The van der Waals surface area contributed by atoms with Crippen LogP contribution in [-0.4, -0.2) is 34.6 Å². The highest BCUT2D eigenvalue weighted by molar-refractivity contribution is 6.02. The second kappa shape index (κ2) is 8.91. The lowest BCUT2D eigenvalue weighted by Gasteiger charge is -2.38. The molecule has 0 saturated carbocycles. The Balaban J connectivity index is 3.02. The molecule has 22 heavy (non-hydrogen) atoms. The van der Waals surface area contributed by atoms with Gasteiger partial charge in [-0.05, 0) is 43.5 Å². The molecule has 1 unspecified atom stereocenters. The minimum Gasteiger partial charge on any atom is -0.399 e. The molecule has 0 aliphatic heterocycles. The van der Waals surface area contributed by atoms with E-state index in [-0.39, 0.29) is 5.78 Å². The maximum Gasteiger partial charge on any atom is 0.209 e. The maximum atomic E-state index is 12.8. The Morgan fingerprint density at radius 1 is 1.09 bits per heavy atom. The van der Waals surface area contributed by atoms with Gasteiger partial charge in [0.25, 0.3) is 0 Å². The van der Waals surface area contributed by atoms with Crippen LogP contribution in [0.2, 0.25) is 0 Å². The number of anilines is 1. The number of carbonyl (C=O) groups excluding carboxylic acids is 1. The summed E-state index contributed by atoms with van der Waals surface area (Å²) in [6.45, 7) is 7.57. The van der Waals surface area contributed by atoms with Crippen LogP contribution in [0.4, 0.5) is 5.69 Å². The zero-order valence-electron chi connectivity index (χ0n) is 14.1. The molecular weight excluding hydrogens is 276 g/mol. The van der Waals surface area contributed by atoms with Gasteiger partial charge >= 0.3 is 0 Å². The molecule has 0 aliphatic carbocycles. The number of nitrogens with zero attached hydrogens (tertiary/aromatic N) is 1. The fraction of sp³-hybridized carbons (Fsp3) is 0.611. The van der Waals surface area contributed by atoms with E-state index in [1.165, 1.54) is 0 Å². The number of benzene rings is 1. The highest BCUT2D eigenvalue weighted by Crippen LogP contribution is 2.24. The summed E-state index contributed by atoms with van der Waals surface area (Å²) >= 11 is 0. The number of Topliss-reactive ketones (excluding diaryl/α,β-unsaturated/α-hetero) is 1. The SMILES string of the molecule is CCCCN(CCCC)C(O)(CC)C(=O)c1ccc(N)cc1. The van der Waals surface area contributed by atoms with E-state index in [1.807, 2.05) is 11.8 Å². The van der Waals surface area contributed by atoms with Gasteiger partial charge in [0.1, 0.15) is 0 Å². The lowest BCUT2D eigenvalue weighted by molar-refractivity contribution is -0.0801. The average molecular weight is 306 g/mol. The van der Waals surface area contributed by atoms with Crippen molar-refractivity contribution in [3.8, 4) is 0 Å². The highest BCUT2D eigenvalue weighted by atomic mass is 16.3. The van der Waals surface area contributed by atoms with Gasteiger partial charge < -0.3 is 10.8 Å². The van der Waals surface area contributed by atoms with Gasteiger partial charge in [-0.2, -0.15) is 0 Å². The van der Waals surface area contributed by atoms with Crippen molar-refractivity contribution in [2.75, 3.05) is 18.8 Å². The van der Waals surface area contributed by atoms with E-state index in [0.29, 0.717) is 17.7 Å². The molecule has 4 nitrogen and oxygen atoms in total. The van der Waals surface area contributed by atoms with Gasteiger partial charge in [0.15, 0.2) is 5.72 Å². The number of hydrogen-bond donors (Lipinski definition) is 2. The lowest BCUT2D eigenvalue weighted by atomic mass is 9.95. The maximum absolute atomic E-state index is 12.8. The first kappa shape index (κ1) is 18.7. The first-order chi connectivity index (χ1) is 10.5. The van der Waals surface area contributed by atoms with E-state index in [9.17, 15) is 9.90 Å². The molecule has 1 aromatic rings. The summed E-state index contributed by atoms with van der Waals surface area (Å²) in [5, 5.41) is 11.1. The van der Waals surface area contributed by atoms with Crippen molar-refractivity contribution in [1.82, 2.24) is 4.90 Å². The van der Waals surface area contributed by atoms with Crippen molar-refractivity contribution in [2.24, 2.45) is 0 Å². The van der Waals surface area contributed by atoms with Gasteiger partial charge in [-0.15, -0.1) is 0 Å². The molecule has 0 aromatic heterocycles. The summed E-state index contributed by atoms with van der Waals surface area (Å²) in [6, 6.07) is 6.78. The summed E-state index contributed by atoms with van der Waals surface area (Å²) in [7, 11) is 0. The molecule has 0 amide bonds. The van der Waals surface area contributed by atoms with Crippen LogP contribution < -0.4 is 5.73 Å². The van der Waals surface area contributed by atoms with Gasteiger partial charge in [-0.25, -0.2) is 0 Å². The number of ketones is 1. The predicted molar refractivity (Wildman–Crippen MR) is 91.8 cm³/mol. The third-order valence-electron chi connectivity index (χ3n) is 4.12. The third kappa shape index (κ3) is 4.55. The van der Waals surface area contributed by atoms with Crippen LogP contribution in [0.25, 0.3) is 0 Å². The van der Waals surface area contributed by atoms with E-state index >= 15 is 0 Å². The van der Waals surface area contributed by atoms with Crippen molar-refractivity contribution < 1.29 is 9.90 Å². The van der Waals surface area contributed by atoms with Gasteiger partial charge in [0.05, 0.1) is 0 Å². The number of nitrogens with two attached hydrogens (primary N) is 1. The number of nitrogen functional groups attached to an aromatic ring is 1. The minimum absolute atomic E-state index is 0.234. The van der Waals surface area contributed by atoms with E-state index in [1.54, 1.807) is 24.3 Å². The number of carbonyl (C=O) groups is 1. The Bertz CT molecular complexity index is 451. The van der Waals surface area contributed by atoms with Crippen LogP contribution in [0.3, 0.4) is 0 Å². The average Bonchev–Trinajstić information content (AvgIpc) is 2.54. The standard InChI is InChI=1S/C18H30N2O2/c1-4-7-13-20(14-8-5-2)18(22,6-3)17(21)15-9-11-16(19)12-10-15/h9-12,22H,4-8,13-14,19H2,1-3H3. The molecule has 1 atom stereocenters. The summed E-state index contributed by atoms with van der Waals surface area (Å²) < 4.78 is 0. The Kier molecular flexibility index (Phi) is 7.56. The highest BCUT2D eigenvalue weighted by Gasteiger charge is 2.40. The first-order valence-electron chi connectivity index (χ1n) is 8.37. The topological polar surface area (TPSA) is 66.6 Å². The van der Waals surface area contributed by atoms with Crippen LogP contribution in [0.1, 0.15) is 63.2 Å². The molecule has 0 saturated heterocycles. The largest absolute Gasteiger partial charge is 0.399 e. The molecule has 0 fully saturated rings. The van der Waals surface area contributed by atoms with Crippen molar-refractivity contribution in [1.29, 1.82) is 0 Å². The second-order valence-corrected chi connectivity index (χ2v) is 5.82. The van der Waals surface area contributed by atoms with Crippen molar-refractivity contribution in [2.45, 2.75) is 58.6 Å². The molecule has 0 radical (unpaired) electrons. The van der Waals surface area contributed by atoms with E-state index in [0.717, 1.165) is 38.8 Å². The molecule has 1 rings (SSSR count). The summed E-state index contributed by atoms with van der Waals surface area (Å²) in [4.78, 5) is 14.8. The lowest BCUT2D eigenvalue weighted by Crippen LogP contribution is -2.55. The molecule has 0 spiro atoms. The Morgan fingerprint density at radius 2 is 1.59 bits per heavy atom. The van der Waals surface area contributed by atoms with E-state index in [2.05, 4.69) is 13.8 Å². The Morgan fingerprint density at radius 3 is 2.00 bits per heavy atom. The third-order valence-corrected chi connectivity index (χ3v) is 4.12. The molecular formula is C18H30N2O2. The molecule has 1 aromatic carbocycles. The monoisotopic (exact) mass is 306 g/mol. The van der Waals surface area contributed by atoms with Crippen molar-refractivity contribution >= 4 is 11.5 Å². The van der Waals surface area contributed by atoms with Crippen LogP contribution in [0.15, 0.2) is 24.3 Å². The number of aliphatic hydroxyl groups is 1. The van der Waals surface area contributed by atoms with Gasteiger partial charge in [-0.1, -0.05) is 33.6 Å². The van der Waals surface area contributed by atoms with Gasteiger partial charge in [0, 0.05) is 24.3 Å². The van der Waals surface area contributed by atoms with E-state index < -0.39 is 5.72 Å². The van der Waals surface area contributed by atoms with Gasteiger partial charge in [-0.3, -0.25) is 9.69 Å². The molecule has 124 valence electrons. The zero-order valence-corrected chi connectivity index (χ0v) is 14.1.